The first-order valence-electron chi connectivity index (χ1n) is 2.77. The predicted octanol–water partition coefficient (Wildman–Crippen LogP) is 1.58. The quantitative estimate of drug-likeness (QED) is 0.782. The molecule has 11 heavy (non-hydrogen) atoms. The summed E-state index contributed by atoms with van der Waals surface area (Å²) in [7, 11) is 0. The smallest absolute Gasteiger partial charge is 0.0716 e. The molecule has 0 saturated carbocycles. The molecule has 0 atom stereocenters. The summed E-state index contributed by atoms with van der Waals surface area (Å²) in [6.07, 6.45) is 0. The topological polar surface area (TPSA) is 40.1 Å². The molecule has 0 spiro atoms. The summed E-state index contributed by atoms with van der Waals surface area (Å²) in [5, 5.41) is 10.4. The first-order valence-corrected chi connectivity index (χ1v) is 4.35. The Hall–Kier alpha value is -0.350. The largest absolute Gasteiger partial charge is 0.545 e. The van der Waals surface area contributed by atoms with Gasteiger partial charge in [0.25, 0.3) is 0 Å². The second kappa shape index (κ2) is 3.36. The molecule has 0 fully saturated rings. The van der Waals surface area contributed by atoms with Gasteiger partial charge in [0.15, 0.2) is 0 Å². The van der Waals surface area contributed by atoms with Gasteiger partial charge in [-0.15, -0.1) is 0 Å². The van der Waals surface area contributed by atoms with Gasteiger partial charge in [-0.1, -0.05) is 31.9 Å². The fraction of sp³-hybridized carbons (Fsp3) is 0. The zero-order chi connectivity index (χ0) is 8.43. The van der Waals surface area contributed by atoms with Gasteiger partial charge >= 0.3 is 0 Å². The summed E-state index contributed by atoms with van der Waals surface area (Å²) >= 11 is 6.32. The summed E-state index contributed by atoms with van der Waals surface area (Å²) in [6, 6.07) is 4.73. The minimum atomic E-state index is -1.17. The van der Waals surface area contributed by atoms with E-state index in [0.29, 0.717) is 8.95 Å². The van der Waals surface area contributed by atoms with E-state index in [4.69, 9.17) is 0 Å². The van der Waals surface area contributed by atoms with Crippen LogP contribution in [0.4, 0.5) is 0 Å². The third-order valence-corrected chi connectivity index (χ3v) is 2.01. The van der Waals surface area contributed by atoms with Crippen molar-refractivity contribution in [2.45, 2.75) is 0 Å². The van der Waals surface area contributed by atoms with Crippen LogP contribution in [0.3, 0.4) is 0 Å². The normalized spacial score (nSPS) is 9.64. The maximum Gasteiger partial charge on any atom is 0.0716 e. The maximum absolute atomic E-state index is 10.4. The maximum atomic E-state index is 10.4. The molecule has 2 nitrogen and oxygen atoms in total. The fourth-order valence-electron chi connectivity index (χ4n) is 0.672. The Morgan fingerprint density at radius 2 is 1.64 bits per heavy atom. The molecule has 58 valence electrons. The Morgan fingerprint density at radius 3 is 2.00 bits per heavy atom. The lowest BCUT2D eigenvalue weighted by molar-refractivity contribution is -0.255. The highest BCUT2D eigenvalue weighted by molar-refractivity contribution is 9.11. The third kappa shape index (κ3) is 2.31. The molecule has 0 aliphatic heterocycles. The Morgan fingerprint density at radius 1 is 1.18 bits per heavy atom. The molecule has 1 aromatic rings. The van der Waals surface area contributed by atoms with E-state index in [2.05, 4.69) is 31.9 Å². The molecule has 0 saturated heterocycles. The van der Waals surface area contributed by atoms with Crippen LogP contribution in [0.25, 0.3) is 0 Å². The van der Waals surface area contributed by atoms with Crippen molar-refractivity contribution in [3.63, 3.8) is 0 Å². The predicted molar refractivity (Wildman–Crippen MR) is 46.2 cm³/mol. The zero-order valence-electron chi connectivity index (χ0n) is 5.30. The Labute approximate surface area is 80.5 Å². The van der Waals surface area contributed by atoms with Crippen molar-refractivity contribution >= 4 is 37.8 Å². The summed E-state index contributed by atoms with van der Waals surface area (Å²) in [5.41, 5.74) is 0.159. The molecule has 0 aliphatic carbocycles. The SMILES string of the molecule is O=C([O-])c1cc(Br)cc(Br)c1. The van der Waals surface area contributed by atoms with Gasteiger partial charge in [-0.25, -0.2) is 0 Å². The van der Waals surface area contributed by atoms with Crippen molar-refractivity contribution < 1.29 is 9.90 Å². The average molecular weight is 279 g/mol. The molecule has 0 N–H and O–H groups in total. The summed E-state index contributed by atoms with van der Waals surface area (Å²) in [5.74, 6) is -1.17. The van der Waals surface area contributed by atoms with Crippen molar-refractivity contribution in [3.8, 4) is 0 Å². The lowest BCUT2D eigenvalue weighted by Gasteiger charge is -2.02. The van der Waals surface area contributed by atoms with Crippen molar-refractivity contribution in [3.05, 3.63) is 32.7 Å². The number of carbonyl (C=O) groups is 1. The molecular formula is C7H3Br2O2-. The van der Waals surface area contributed by atoms with Crippen molar-refractivity contribution in [1.29, 1.82) is 0 Å². The molecular weight excluding hydrogens is 276 g/mol. The second-order valence-electron chi connectivity index (χ2n) is 1.95. The summed E-state index contributed by atoms with van der Waals surface area (Å²) in [6.45, 7) is 0. The highest BCUT2D eigenvalue weighted by Gasteiger charge is 1.96. The van der Waals surface area contributed by atoms with Crippen LogP contribution in [0.1, 0.15) is 10.4 Å². The minimum absolute atomic E-state index is 0.159. The van der Waals surface area contributed by atoms with E-state index in [1.54, 1.807) is 6.07 Å². The van der Waals surface area contributed by atoms with Crippen LogP contribution >= 0.6 is 31.9 Å². The summed E-state index contributed by atoms with van der Waals surface area (Å²) in [4.78, 5) is 10.4. The first kappa shape index (κ1) is 8.74. The average Bonchev–Trinajstić information content (AvgIpc) is 1.85. The highest BCUT2D eigenvalue weighted by atomic mass is 79.9. The van der Waals surface area contributed by atoms with Crippen molar-refractivity contribution in [2.75, 3.05) is 0 Å². The molecule has 1 aromatic carbocycles. The van der Waals surface area contributed by atoms with Crippen LogP contribution in [-0.4, -0.2) is 5.97 Å². The lowest BCUT2D eigenvalue weighted by Crippen LogP contribution is -2.22. The zero-order valence-corrected chi connectivity index (χ0v) is 8.48. The second-order valence-corrected chi connectivity index (χ2v) is 3.78. The Kier molecular flexibility index (Phi) is 2.67. The lowest BCUT2D eigenvalue weighted by atomic mass is 10.2. The van der Waals surface area contributed by atoms with E-state index in [9.17, 15) is 9.90 Å². The number of hydrogen-bond donors (Lipinski definition) is 0. The Balaban J connectivity index is 3.19. The van der Waals surface area contributed by atoms with Gasteiger partial charge in [-0.3, -0.25) is 0 Å². The first-order chi connectivity index (χ1) is 5.09. The number of aromatic carboxylic acids is 1. The number of carboxylic acids is 1. The van der Waals surface area contributed by atoms with Crippen LogP contribution in [0.15, 0.2) is 27.1 Å². The van der Waals surface area contributed by atoms with E-state index in [-0.39, 0.29) is 5.56 Å². The molecule has 0 heterocycles. The monoisotopic (exact) mass is 277 g/mol. The number of halogens is 2. The highest BCUT2D eigenvalue weighted by Crippen LogP contribution is 2.19. The third-order valence-electron chi connectivity index (χ3n) is 1.10. The van der Waals surface area contributed by atoms with Crippen LogP contribution in [0, 0.1) is 0 Å². The van der Waals surface area contributed by atoms with Gasteiger partial charge < -0.3 is 9.90 Å². The number of hydrogen-bond acceptors (Lipinski definition) is 2. The van der Waals surface area contributed by atoms with Gasteiger partial charge in [0.2, 0.25) is 0 Å². The molecule has 4 heteroatoms. The molecule has 0 amide bonds. The van der Waals surface area contributed by atoms with Gasteiger partial charge in [0.1, 0.15) is 0 Å². The standard InChI is InChI=1S/C7H4Br2O2/c8-5-1-4(7(10)11)2-6(9)3-5/h1-3H,(H,10,11)/p-1. The number of benzene rings is 1. The van der Waals surface area contributed by atoms with Crippen LogP contribution in [-0.2, 0) is 0 Å². The van der Waals surface area contributed by atoms with Crippen LogP contribution < -0.4 is 5.11 Å². The van der Waals surface area contributed by atoms with E-state index in [0.717, 1.165) is 0 Å². The van der Waals surface area contributed by atoms with Crippen LogP contribution in [0.5, 0.6) is 0 Å². The van der Waals surface area contributed by atoms with E-state index in [1.165, 1.54) is 12.1 Å². The number of carbonyl (C=O) groups excluding carboxylic acids is 1. The van der Waals surface area contributed by atoms with Gasteiger partial charge in [0.05, 0.1) is 5.97 Å². The number of rotatable bonds is 1. The van der Waals surface area contributed by atoms with E-state index < -0.39 is 5.97 Å². The van der Waals surface area contributed by atoms with E-state index >= 15 is 0 Å². The molecule has 0 bridgehead atoms. The van der Waals surface area contributed by atoms with E-state index in [1.807, 2.05) is 0 Å². The fourth-order valence-corrected chi connectivity index (χ4v) is 1.97. The molecule has 0 aliphatic rings. The number of carboxylic acid groups (broad SMARTS) is 1. The van der Waals surface area contributed by atoms with Crippen LogP contribution in [0.2, 0.25) is 0 Å². The Bertz CT molecular complexity index is 276. The van der Waals surface area contributed by atoms with Gasteiger partial charge in [0, 0.05) is 8.95 Å². The van der Waals surface area contributed by atoms with Crippen molar-refractivity contribution in [1.82, 2.24) is 0 Å². The van der Waals surface area contributed by atoms with Gasteiger partial charge in [-0.05, 0) is 23.8 Å². The molecule has 1 rings (SSSR count). The molecule has 0 aromatic heterocycles. The minimum Gasteiger partial charge on any atom is -0.545 e. The molecule has 0 radical (unpaired) electrons. The molecule has 0 unspecified atom stereocenters. The van der Waals surface area contributed by atoms with Gasteiger partial charge in [-0.2, -0.15) is 0 Å². The van der Waals surface area contributed by atoms with Crippen molar-refractivity contribution in [2.24, 2.45) is 0 Å². The summed E-state index contributed by atoms with van der Waals surface area (Å²) < 4.78 is 1.43.